The molecule has 9 nitrogen and oxygen atoms in total. The first kappa shape index (κ1) is 18.5. The maximum atomic E-state index is 12.4. The first-order valence-electron chi connectivity index (χ1n) is 7.85. The second-order valence-electron chi connectivity index (χ2n) is 5.65. The van der Waals surface area contributed by atoms with Crippen molar-refractivity contribution >= 4 is 39.3 Å². The van der Waals surface area contributed by atoms with E-state index in [-0.39, 0.29) is 40.9 Å². The van der Waals surface area contributed by atoms with Crippen molar-refractivity contribution in [3.63, 3.8) is 0 Å². The number of carbonyl (C=O) groups is 3. The number of rotatable bonds is 5. The molecule has 2 aromatic rings. The Kier molecular flexibility index (Phi) is 4.91. The molecule has 2 amide bonds. The number of imide groups is 1. The van der Waals surface area contributed by atoms with Crippen LogP contribution in [0, 0.1) is 0 Å². The van der Waals surface area contributed by atoms with Crippen LogP contribution in [-0.4, -0.2) is 38.3 Å². The summed E-state index contributed by atoms with van der Waals surface area (Å²) in [5.41, 5.74) is 0.506. The number of aromatic nitrogens is 1. The molecule has 3 rings (SSSR count). The quantitative estimate of drug-likeness (QED) is 0.604. The van der Waals surface area contributed by atoms with Crippen molar-refractivity contribution < 1.29 is 27.5 Å². The SMILES string of the molecule is COC(=O)c1ccc(NS(=O)(=O)c2ccc(N3C(=O)CCC3=O)cc2)nc1. The molecular weight excluding hydrogens is 374 g/mol. The summed E-state index contributed by atoms with van der Waals surface area (Å²) in [6.07, 6.45) is 1.48. The molecule has 0 bridgehead atoms. The van der Waals surface area contributed by atoms with Crippen molar-refractivity contribution in [3.8, 4) is 0 Å². The number of esters is 1. The number of pyridine rings is 1. The molecule has 0 saturated carbocycles. The van der Waals surface area contributed by atoms with Crippen molar-refractivity contribution in [3.05, 3.63) is 48.2 Å². The fraction of sp³-hybridized carbons (Fsp3) is 0.176. The Morgan fingerprint density at radius 2 is 1.70 bits per heavy atom. The first-order valence-corrected chi connectivity index (χ1v) is 9.33. The number of ether oxygens (including phenoxy) is 1. The Hall–Kier alpha value is -3.27. The zero-order chi connectivity index (χ0) is 19.6. The molecule has 2 heterocycles. The maximum Gasteiger partial charge on any atom is 0.339 e. The van der Waals surface area contributed by atoms with Crippen LogP contribution < -0.4 is 9.62 Å². The monoisotopic (exact) mass is 389 g/mol. The normalized spacial score (nSPS) is 14.3. The molecule has 1 aromatic carbocycles. The number of carbonyl (C=O) groups excluding carboxylic acids is 3. The summed E-state index contributed by atoms with van der Waals surface area (Å²) < 4.78 is 31.7. The molecule has 140 valence electrons. The molecule has 1 fully saturated rings. The molecule has 0 spiro atoms. The lowest BCUT2D eigenvalue weighted by Crippen LogP contribution is -2.28. The van der Waals surface area contributed by atoms with Gasteiger partial charge in [-0.2, -0.15) is 0 Å². The van der Waals surface area contributed by atoms with Crippen molar-refractivity contribution in [1.82, 2.24) is 4.98 Å². The van der Waals surface area contributed by atoms with Gasteiger partial charge in [0.25, 0.3) is 10.0 Å². The van der Waals surface area contributed by atoms with Gasteiger partial charge < -0.3 is 4.74 Å². The Morgan fingerprint density at radius 3 is 2.22 bits per heavy atom. The second kappa shape index (κ2) is 7.16. The van der Waals surface area contributed by atoms with Crippen molar-refractivity contribution in [2.45, 2.75) is 17.7 Å². The molecule has 0 radical (unpaired) electrons. The highest BCUT2D eigenvalue weighted by Gasteiger charge is 2.30. The van der Waals surface area contributed by atoms with Gasteiger partial charge >= 0.3 is 5.97 Å². The maximum absolute atomic E-state index is 12.4. The van der Waals surface area contributed by atoms with Crippen LogP contribution in [0.3, 0.4) is 0 Å². The summed E-state index contributed by atoms with van der Waals surface area (Å²) in [6, 6.07) is 8.08. The summed E-state index contributed by atoms with van der Waals surface area (Å²) in [7, 11) is -2.71. The number of benzene rings is 1. The smallest absolute Gasteiger partial charge is 0.339 e. The molecular formula is C17H15N3O6S. The van der Waals surface area contributed by atoms with Crippen LogP contribution in [0.1, 0.15) is 23.2 Å². The lowest BCUT2D eigenvalue weighted by atomic mass is 10.3. The highest BCUT2D eigenvalue weighted by atomic mass is 32.2. The average molecular weight is 389 g/mol. The van der Waals surface area contributed by atoms with Gasteiger partial charge in [0.1, 0.15) is 5.82 Å². The fourth-order valence-corrected chi connectivity index (χ4v) is 3.54. The molecule has 1 aliphatic heterocycles. The largest absolute Gasteiger partial charge is 0.465 e. The van der Waals surface area contributed by atoms with Crippen LogP contribution in [0.15, 0.2) is 47.5 Å². The van der Waals surface area contributed by atoms with E-state index in [9.17, 15) is 22.8 Å². The molecule has 10 heteroatoms. The minimum Gasteiger partial charge on any atom is -0.465 e. The van der Waals surface area contributed by atoms with Crippen LogP contribution in [0.4, 0.5) is 11.5 Å². The summed E-state index contributed by atoms with van der Waals surface area (Å²) >= 11 is 0. The van der Waals surface area contributed by atoms with Gasteiger partial charge in [-0.15, -0.1) is 0 Å². The third-order valence-corrected chi connectivity index (χ3v) is 5.25. The predicted octanol–water partition coefficient (Wildman–Crippen LogP) is 1.32. The number of methoxy groups -OCH3 is 1. The van der Waals surface area contributed by atoms with Gasteiger partial charge in [-0.25, -0.2) is 18.2 Å². The van der Waals surface area contributed by atoms with Gasteiger partial charge in [0, 0.05) is 19.0 Å². The third-order valence-electron chi connectivity index (χ3n) is 3.88. The molecule has 0 atom stereocenters. The van der Waals surface area contributed by atoms with Crippen LogP contribution >= 0.6 is 0 Å². The van der Waals surface area contributed by atoms with Gasteiger partial charge in [0.05, 0.1) is 23.3 Å². The predicted molar refractivity (Wildman–Crippen MR) is 94.6 cm³/mol. The van der Waals surface area contributed by atoms with Gasteiger partial charge in [0.15, 0.2) is 0 Å². The van der Waals surface area contributed by atoms with Crippen LogP contribution in [-0.2, 0) is 24.3 Å². The molecule has 27 heavy (non-hydrogen) atoms. The van der Waals surface area contributed by atoms with E-state index in [1.165, 1.54) is 49.7 Å². The summed E-state index contributed by atoms with van der Waals surface area (Å²) in [5, 5.41) is 0. The van der Waals surface area contributed by atoms with E-state index < -0.39 is 16.0 Å². The number of hydrogen-bond acceptors (Lipinski definition) is 7. The topological polar surface area (TPSA) is 123 Å². The molecule has 1 aliphatic rings. The molecule has 0 aliphatic carbocycles. The zero-order valence-corrected chi connectivity index (χ0v) is 15.0. The van der Waals surface area contributed by atoms with E-state index in [4.69, 9.17) is 0 Å². The summed E-state index contributed by atoms with van der Waals surface area (Å²) in [6.45, 7) is 0. The van der Waals surface area contributed by atoms with Gasteiger partial charge in [-0.3, -0.25) is 19.2 Å². The molecule has 0 unspecified atom stereocenters. The zero-order valence-electron chi connectivity index (χ0n) is 14.2. The minimum absolute atomic E-state index is 0.0247. The molecule has 1 aromatic heterocycles. The van der Waals surface area contributed by atoms with E-state index in [1.54, 1.807) is 0 Å². The Balaban J connectivity index is 1.78. The number of nitrogens with one attached hydrogen (secondary N) is 1. The van der Waals surface area contributed by atoms with Crippen molar-refractivity contribution in [1.29, 1.82) is 0 Å². The number of anilines is 2. The number of amides is 2. The van der Waals surface area contributed by atoms with E-state index in [1.807, 2.05) is 0 Å². The Morgan fingerprint density at radius 1 is 1.07 bits per heavy atom. The first-order chi connectivity index (χ1) is 12.8. The van der Waals surface area contributed by atoms with Crippen molar-refractivity contribution in [2.75, 3.05) is 16.7 Å². The van der Waals surface area contributed by atoms with Crippen LogP contribution in [0.5, 0.6) is 0 Å². The lowest BCUT2D eigenvalue weighted by molar-refractivity contribution is -0.121. The number of sulfonamides is 1. The molecule has 1 saturated heterocycles. The van der Waals surface area contributed by atoms with Crippen LogP contribution in [0.25, 0.3) is 0 Å². The van der Waals surface area contributed by atoms with E-state index in [2.05, 4.69) is 14.4 Å². The van der Waals surface area contributed by atoms with E-state index in [0.717, 1.165) is 4.90 Å². The van der Waals surface area contributed by atoms with Crippen LogP contribution in [0.2, 0.25) is 0 Å². The van der Waals surface area contributed by atoms with Gasteiger partial charge in [-0.05, 0) is 36.4 Å². The molecule has 1 N–H and O–H groups in total. The highest BCUT2D eigenvalue weighted by molar-refractivity contribution is 7.92. The van der Waals surface area contributed by atoms with Crippen molar-refractivity contribution in [2.24, 2.45) is 0 Å². The Bertz CT molecular complexity index is 984. The van der Waals surface area contributed by atoms with E-state index in [0.29, 0.717) is 5.69 Å². The lowest BCUT2D eigenvalue weighted by Gasteiger charge is -2.14. The fourth-order valence-electron chi connectivity index (χ4n) is 2.53. The highest BCUT2D eigenvalue weighted by Crippen LogP contribution is 2.24. The standard InChI is InChI=1S/C17H15N3O6S/c1-26-17(23)11-2-7-14(18-10-11)19-27(24,25)13-5-3-12(4-6-13)20-15(21)8-9-16(20)22/h2-7,10H,8-9H2,1H3,(H,18,19). The minimum atomic E-state index is -3.94. The van der Waals surface area contributed by atoms with Gasteiger partial charge in [-0.1, -0.05) is 0 Å². The Labute approximate surface area is 155 Å². The van der Waals surface area contributed by atoms with E-state index >= 15 is 0 Å². The second-order valence-corrected chi connectivity index (χ2v) is 7.33. The average Bonchev–Trinajstić information content (AvgIpc) is 3.00. The van der Waals surface area contributed by atoms with Gasteiger partial charge in [0.2, 0.25) is 11.8 Å². The summed E-state index contributed by atoms with van der Waals surface area (Å²) in [4.78, 5) is 39.7. The summed E-state index contributed by atoms with van der Waals surface area (Å²) in [5.74, 6) is -1.19. The number of nitrogens with zero attached hydrogens (tertiary/aromatic N) is 2. The third kappa shape index (κ3) is 3.80. The number of hydrogen-bond donors (Lipinski definition) is 1.